The highest BCUT2D eigenvalue weighted by Crippen LogP contribution is 2.29. The highest BCUT2D eigenvalue weighted by molar-refractivity contribution is 5.66. The lowest BCUT2D eigenvalue weighted by Gasteiger charge is -2.38. The first-order valence-electron chi connectivity index (χ1n) is 10.5. The molecule has 0 spiro atoms. The average Bonchev–Trinajstić information content (AvgIpc) is 3.24. The van der Waals surface area contributed by atoms with E-state index in [-0.39, 0.29) is 6.04 Å². The Morgan fingerprint density at radius 1 is 1.00 bits per heavy atom. The number of hydrogen-bond acceptors (Lipinski definition) is 6. The quantitative estimate of drug-likeness (QED) is 0.500. The van der Waals surface area contributed by atoms with E-state index in [4.69, 9.17) is 4.74 Å². The predicted octanol–water partition coefficient (Wildman–Crippen LogP) is 3.29. The van der Waals surface area contributed by atoms with E-state index in [9.17, 15) is 0 Å². The van der Waals surface area contributed by atoms with Crippen LogP contribution in [0.3, 0.4) is 0 Å². The number of aromatic nitrogens is 4. The predicted molar refractivity (Wildman–Crippen MR) is 120 cm³/mol. The number of hydrogen-bond donors (Lipinski definition) is 0. The van der Waals surface area contributed by atoms with Crippen LogP contribution in [0.2, 0.25) is 0 Å². The molecule has 1 fully saturated rings. The van der Waals surface area contributed by atoms with E-state index in [1.807, 2.05) is 16.6 Å². The molecule has 7 nitrogen and oxygen atoms in total. The van der Waals surface area contributed by atoms with Crippen molar-refractivity contribution >= 4 is 5.52 Å². The number of benzene rings is 1. The number of fused-ring (bicyclic) bond motifs is 1. The molecule has 1 aliphatic heterocycles. The van der Waals surface area contributed by atoms with Gasteiger partial charge in [0.15, 0.2) is 0 Å². The Morgan fingerprint density at radius 2 is 1.87 bits per heavy atom. The van der Waals surface area contributed by atoms with E-state index in [1.165, 1.54) is 5.56 Å². The Hall–Kier alpha value is -3.29. The van der Waals surface area contributed by atoms with Crippen molar-refractivity contribution in [3.63, 3.8) is 0 Å². The van der Waals surface area contributed by atoms with E-state index >= 15 is 0 Å². The van der Waals surface area contributed by atoms with Crippen LogP contribution >= 0.6 is 0 Å². The molecule has 0 saturated carbocycles. The molecule has 0 amide bonds. The van der Waals surface area contributed by atoms with Crippen molar-refractivity contribution in [1.29, 1.82) is 0 Å². The molecule has 0 radical (unpaired) electrons. The highest BCUT2D eigenvalue weighted by Gasteiger charge is 2.29. The number of ether oxygens (including phenoxy) is 1. The molecule has 5 rings (SSSR count). The molecule has 0 bridgehead atoms. The second kappa shape index (κ2) is 8.45. The standard InChI is InChI=1S/C24H26N6O/c1-28-13-14-29(15-20-9-6-12-25-24(20)31-2)17-22(28)23-21-11-10-19(16-30(21)27-26-23)18-7-4-3-5-8-18/h3-12,16,22H,13-15,17H2,1-2H3. The molecule has 1 saturated heterocycles. The molecule has 158 valence electrons. The molecule has 1 aromatic carbocycles. The Morgan fingerprint density at radius 3 is 2.71 bits per heavy atom. The van der Waals surface area contributed by atoms with Crippen molar-refractivity contribution in [3.8, 4) is 17.0 Å². The van der Waals surface area contributed by atoms with Crippen LogP contribution in [-0.4, -0.2) is 63.4 Å². The van der Waals surface area contributed by atoms with Crippen molar-refractivity contribution in [2.75, 3.05) is 33.8 Å². The Balaban J connectivity index is 1.40. The van der Waals surface area contributed by atoms with Crippen molar-refractivity contribution in [2.45, 2.75) is 12.6 Å². The van der Waals surface area contributed by atoms with Gasteiger partial charge >= 0.3 is 0 Å². The average molecular weight is 415 g/mol. The first kappa shape index (κ1) is 19.7. The molecule has 7 heteroatoms. The molecule has 0 aliphatic carbocycles. The maximum absolute atomic E-state index is 5.44. The third-order valence-corrected chi connectivity index (χ3v) is 6.03. The molecule has 3 aromatic heterocycles. The van der Waals surface area contributed by atoms with Crippen molar-refractivity contribution in [1.82, 2.24) is 29.6 Å². The van der Waals surface area contributed by atoms with Gasteiger partial charge in [-0.15, -0.1) is 5.10 Å². The fraction of sp³-hybridized carbons (Fsp3) is 0.292. The summed E-state index contributed by atoms with van der Waals surface area (Å²) in [5, 5.41) is 9.03. The second-order valence-corrected chi connectivity index (χ2v) is 7.99. The lowest BCUT2D eigenvalue weighted by Crippen LogP contribution is -2.46. The monoisotopic (exact) mass is 414 g/mol. The second-order valence-electron chi connectivity index (χ2n) is 7.99. The van der Waals surface area contributed by atoms with E-state index in [2.05, 4.69) is 80.8 Å². The summed E-state index contributed by atoms with van der Waals surface area (Å²) in [7, 11) is 3.83. The number of piperazine rings is 1. The van der Waals surface area contributed by atoms with Crippen molar-refractivity contribution < 1.29 is 4.74 Å². The van der Waals surface area contributed by atoms with Crippen LogP contribution in [0.4, 0.5) is 0 Å². The zero-order valence-corrected chi connectivity index (χ0v) is 17.8. The van der Waals surface area contributed by atoms with Gasteiger partial charge in [0.2, 0.25) is 5.88 Å². The van der Waals surface area contributed by atoms with Crippen LogP contribution in [0.1, 0.15) is 17.3 Å². The van der Waals surface area contributed by atoms with Crippen LogP contribution in [0.15, 0.2) is 67.0 Å². The maximum Gasteiger partial charge on any atom is 0.217 e. The van der Waals surface area contributed by atoms with Gasteiger partial charge in [0, 0.05) is 49.7 Å². The van der Waals surface area contributed by atoms with Gasteiger partial charge in [-0.2, -0.15) is 0 Å². The SMILES string of the molecule is COc1ncccc1CN1CCN(C)C(c2nnn3cc(-c4ccccc4)ccc23)C1. The van der Waals surface area contributed by atoms with E-state index < -0.39 is 0 Å². The molecule has 0 N–H and O–H groups in total. The number of pyridine rings is 2. The van der Waals surface area contributed by atoms with Gasteiger partial charge in [0.1, 0.15) is 5.69 Å². The fourth-order valence-electron chi connectivity index (χ4n) is 4.29. The smallest absolute Gasteiger partial charge is 0.217 e. The fourth-order valence-corrected chi connectivity index (χ4v) is 4.29. The van der Waals surface area contributed by atoms with Crippen LogP contribution in [-0.2, 0) is 6.54 Å². The Kier molecular flexibility index (Phi) is 5.36. The molecule has 31 heavy (non-hydrogen) atoms. The molecule has 1 aliphatic rings. The normalized spacial score (nSPS) is 17.8. The van der Waals surface area contributed by atoms with Gasteiger partial charge in [0.05, 0.1) is 18.7 Å². The first-order chi connectivity index (χ1) is 15.2. The van der Waals surface area contributed by atoms with E-state index in [0.29, 0.717) is 5.88 Å². The van der Waals surface area contributed by atoms with E-state index in [1.54, 1.807) is 13.3 Å². The molecule has 4 heterocycles. The number of rotatable bonds is 5. The minimum atomic E-state index is 0.177. The largest absolute Gasteiger partial charge is 0.481 e. The number of methoxy groups -OCH3 is 1. The first-order valence-corrected chi connectivity index (χ1v) is 10.5. The van der Waals surface area contributed by atoms with Crippen LogP contribution in [0.25, 0.3) is 16.6 Å². The maximum atomic E-state index is 5.44. The number of likely N-dealkylation sites (N-methyl/N-ethyl adjacent to an activating group) is 1. The van der Waals surface area contributed by atoms with E-state index in [0.717, 1.165) is 48.5 Å². The summed E-state index contributed by atoms with van der Waals surface area (Å²) in [4.78, 5) is 9.14. The summed E-state index contributed by atoms with van der Waals surface area (Å²) in [5.41, 5.74) is 5.48. The zero-order valence-electron chi connectivity index (χ0n) is 17.8. The third kappa shape index (κ3) is 3.89. The lowest BCUT2D eigenvalue weighted by atomic mass is 10.1. The van der Waals surface area contributed by atoms with Crippen LogP contribution in [0.5, 0.6) is 5.88 Å². The van der Waals surface area contributed by atoms with Gasteiger partial charge in [-0.3, -0.25) is 9.80 Å². The number of nitrogens with zero attached hydrogens (tertiary/aromatic N) is 6. The van der Waals surface area contributed by atoms with Crippen LogP contribution < -0.4 is 4.74 Å². The summed E-state index contributed by atoms with van der Waals surface area (Å²) < 4.78 is 7.34. The van der Waals surface area contributed by atoms with Gasteiger partial charge < -0.3 is 4.74 Å². The third-order valence-electron chi connectivity index (χ3n) is 6.03. The highest BCUT2D eigenvalue weighted by atomic mass is 16.5. The van der Waals surface area contributed by atoms with Crippen LogP contribution in [0, 0.1) is 0 Å². The van der Waals surface area contributed by atoms with Crippen molar-refractivity contribution in [2.24, 2.45) is 0 Å². The van der Waals surface area contributed by atoms with Gasteiger partial charge in [-0.25, -0.2) is 9.50 Å². The lowest BCUT2D eigenvalue weighted by molar-refractivity contribution is 0.0882. The van der Waals surface area contributed by atoms with Crippen molar-refractivity contribution in [3.05, 3.63) is 78.2 Å². The molecular formula is C24H26N6O. The molecular weight excluding hydrogens is 388 g/mol. The topological polar surface area (TPSA) is 58.8 Å². The minimum Gasteiger partial charge on any atom is -0.481 e. The van der Waals surface area contributed by atoms with Gasteiger partial charge in [-0.1, -0.05) is 47.7 Å². The van der Waals surface area contributed by atoms with Gasteiger partial charge in [0.25, 0.3) is 0 Å². The Labute approximate surface area is 181 Å². The summed E-state index contributed by atoms with van der Waals surface area (Å²) in [6.07, 6.45) is 3.82. The molecule has 4 aromatic rings. The Bertz CT molecular complexity index is 1180. The summed E-state index contributed by atoms with van der Waals surface area (Å²) in [6.45, 7) is 3.64. The molecule has 1 atom stereocenters. The minimum absolute atomic E-state index is 0.177. The molecule has 1 unspecified atom stereocenters. The van der Waals surface area contributed by atoms with Gasteiger partial charge in [-0.05, 0) is 24.7 Å². The zero-order chi connectivity index (χ0) is 21.2. The summed E-state index contributed by atoms with van der Waals surface area (Å²) >= 11 is 0. The summed E-state index contributed by atoms with van der Waals surface area (Å²) in [6, 6.07) is 18.9. The summed E-state index contributed by atoms with van der Waals surface area (Å²) in [5.74, 6) is 0.695.